The molecule has 2 N–H and O–H groups in total. The Kier molecular flexibility index (Phi) is 4.19. The molecule has 1 aromatic rings. The third-order valence-electron chi connectivity index (χ3n) is 3.08. The molecule has 106 valence electrons. The number of hydrogen-bond acceptors (Lipinski definition) is 4. The maximum Gasteiger partial charge on any atom is 0.241 e. The van der Waals surface area contributed by atoms with Crippen molar-refractivity contribution in [1.29, 1.82) is 0 Å². The van der Waals surface area contributed by atoms with Gasteiger partial charge in [-0.15, -0.1) is 0 Å². The highest BCUT2D eigenvalue weighted by atomic mass is 32.2. The largest absolute Gasteiger partial charge is 0.392 e. The highest BCUT2D eigenvalue weighted by molar-refractivity contribution is 7.89. The fourth-order valence-electron chi connectivity index (χ4n) is 1.99. The number of rotatable bonds is 4. The Bertz CT molecular complexity index is 567. The van der Waals surface area contributed by atoms with Gasteiger partial charge >= 0.3 is 0 Å². The molecule has 0 spiro atoms. The van der Waals surface area contributed by atoms with Crippen molar-refractivity contribution in [2.24, 2.45) is 0 Å². The summed E-state index contributed by atoms with van der Waals surface area (Å²) in [6.07, 6.45) is 0.598. The van der Waals surface area contributed by atoms with Gasteiger partial charge in [-0.2, -0.15) is 0 Å². The van der Waals surface area contributed by atoms with E-state index in [1.807, 2.05) is 0 Å². The average Bonchev–Trinajstić information content (AvgIpc) is 2.84. The fourth-order valence-corrected chi connectivity index (χ4v) is 3.55. The lowest BCUT2D eigenvalue weighted by molar-refractivity contribution is 0.192. The zero-order valence-corrected chi connectivity index (χ0v) is 11.3. The van der Waals surface area contributed by atoms with E-state index in [1.165, 1.54) is 13.0 Å². The predicted molar refractivity (Wildman–Crippen MR) is 66.6 cm³/mol. The second-order valence-corrected chi connectivity index (χ2v) is 6.22. The number of halogens is 1. The summed E-state index contributed by atoms with van der Waals surface area (Å²) < 4.78 is 45.7. The number of hydrogen-bond donors (Lipinski definition) is 2. The molecular weight excluding hydrogens is 273 g/mol. The molecule has 7 heteroatoms. The molecule has 0 aliphatic carbocycles. The topological polar surface area (TPSA) is 75.6 Å². The first-order chi connectivity index (χ1) is 8.94. The molecule has 0 amide bonds. The van der Waals surface area contributed by atoms with Crippen molar-refractivity contribution in [3.63, 3.8) is 0 Å². The Balaban J connectivity index is 2.36. The predicted octanol–water partition coefficient (Wildman–Crippen LogP) is 0.694. The second kappa shape index (κ2) is 5.54. The number of nitrogens with one attached hydrogen (secondary N) is 1. The molecule has 1 fully saturated rings. The zero-order valence-electron chi connectivity index (χ0n) is 10.5. The van der Waals surface area contributed by atoms with Gasteiger partial charge in [0.2, 0.25) is 10.0 Å². The summed E-state index contributed by atoms with van der Waals surface area (Å²) in [5, 5.41) is 9.03. The third-order valence-corrected chi connectivity index (χ3v) is 4.73. The lowest BCUT2D eigenvalue weighted by Crippen LogP contribution is -2.35. The number of aliphatic hydroxyl groups excluding tert-OH is 1. The van der Waals surface area contributed by atoms with Crippen LogP contribution in [0.1, 0.15) is 17.5 Å². The summed E-state index contributed by atoms with van der Waals surface area (Å²) in [5.74, 6) is -0.644. The van der Waals surface area contributed by atoms with Crippen LogP contribution in [0.2, 0.25) is 0 Å². The van der Waals surface area contributed by atoms with Gasteiger partial charge in [-0.05, 0) is 31.0 Å². The summed E-state index contributed by atoms with van der Waals surface area (Å²) >= 11 is 0. The third kappa shape index (κ3) is 3.11. The SMILES string of the molecule is Cc1c(F)cc(CO)cc1S(=O)(=O)NC1CCOC1. The number of ether oxygens (including phenoxy) is 1. The van der Waals surface area contributed by atoms with E-state index in [1.54, 1.807) is 0 Å². The molecule has 5 nitrogen and oxygen atoms in total. The van der Waals surface area contributed by atoms with E-state index in [0.29, 0.717) is 19.6 Å². The molecule has 19 heavy (non-hydrogen) atoms. The fraction of sp³-hybridized carbons (Fsp3) is 0.500. The summed E-state index contributed by atoms with van der Waals surface area (Å²) in [7, 11) is -3.81. The van der Waals surface area contributed by atoms with Crippen LogP contribution in [0.4, 0.5) is 4.39 Å². The molecule has 0 bridgehead atoms. The number of sulfonamides is 1. The Morgan fingerprint density at radius 1 is 1.53 bits per heavy atom. The van der Waals surface area contributed by atoms with Gasteiger partial charge in [-0.3, -0.25) is 0 Å². The van der Waals surface area contributed by atoms with Crippen LogP contribution in [0.3, 0.4) is 0 Å². The highest BCUT2D eigenvalue weighted by Crippen LogP contribution is 2.21. The van der Waals surface area contributed by atoms with Gasteiger partial charge in [0.25, 0.3) is 0 Å². The minimum atomic E-state index is -3.81. The van der Waals surface area contributed by atoms with E-state index in [0.717, 1.165) is 6.07 Å². The Morgan fingerprint density at radius 2 is 2.26 bits per heavy atom. The first kappa shape index (κ1) is 14.4. The quantitative estimate of drug-likeness (QED) is 0.855. The van der Waals surface area contributed by atoms with Crippen molar-refractivity contribution in [2.75, 3.05) is 13.2 Å². The van der Waals surface area contributed by atoms with Crippen molar-refractivity contribution in [1.82, 2.24) is 4.72 Å². The van der Waals surface area contributed by atoms with Crippen LogP contribution in [0.15, 0.2) is 17.0 Å². The van der Waals surface area contributed by atoms with E-state index in [2.05, 4.69) is 4.72 Å². The second-order valence-electron chi connectivity index (χ2n) is 4.54. The van der Waals surface area contributed by atoms with Crippen LogP contribution in [-0.2, 0) is 21.4 Å². The van der Waals surface area contributed by atoms with Gasteiger partial charge in [0.15, 0.2) is 0 Å². The van der Waals surface area contributed by atoms with Crippen molar-refractivity contribution in [2.45, 2.75) is 30.9 Å². The molecular formula is C12H16FNO4S. The minimum Gasteiger partial charge on any atom is -0.392 e. The van der Waals surface area contributed by atoms with Crippen LogP contribution in [0, 0.1) is 12.7 Å². The van der Waals surface area contributed by atoms with Gasteiger partial charge in [-0.1, -0.05) is 0 Å². The molecule has 0 radical (unpaired) electrons. The lowest BCUT2D eigenvalue weighted by atomic mass is 10.1. The molecule has 1 aliphatic rings. The zero-order chi connectivity index (χ0) is 14.0. The van der Waals surface area contributed by atoms with E-state index in [-0.39, 0.29) is 22.1 Å². The van der Waals surface area contributed by atoms with Gasteiger partial charge in [0.05, 0.1) is 18.1 Å². The Labute approximate surface area is 111 Å². The molecule has 1 aliphatic heterocycles. The Hall–Kier alpha value is -1.02. The van der Waals surface area contributed by atoms with Crippen LogP contribution in [-0.4, -0.2) is 32.8 Å². The van der Waals surface area contributed by atoms with E-state index in [4.69, 9.17) is 9.84 Å². The van der Waals surface area contributed by atoms with E-state index in [9.17, 15) is 12.8 Å². The molecule has 1 heterocycles. The maximum atomic E-state index is 13.6. The number of aliphatic hydroxyl groups is 1. The lowest BCUT2D eigenvalue weighted by Gasteiger charge is -2.14. The number of benzene rings is 1. The van der Waals surface area contributed by atoms with Crippen LogP contribution in [0.5, 0.6) is 0 Å². The monoisotopic (exact) mass is 289 g/mol. The molecule has 1 aromatic carbocycles. The van der Waals surface area contributed by atoms with Gasteiger partial charge in [0.1, 0.15) is 5.82 Å². The van der Waals surface area contributed by atoms with E-state index < -0.39 is 22.4 Å². The average molecular weight is 289 g/mol. The molecule has 2 rings (SSSR count). The highest BCUT2D eigenvalue weighted by Gasteiger charge is 2.26. The van der Waals surface area contributed by atoms with Crippen molar-refractivity contribution in [3.05, 3.63) is 29.1 Å². The summed E-state index contributed by atoms with van der Waals surface area (Å²) in [6, 6.07) is 2.13. The molecule has 1 saturated heterocycles. The first-order valence-corrected chi connectivity index (χ1v) is 7.42. The maximum absolute atomic E-state index is 13.6. The van der Waals surface area contributed by atoms with Crippen molar-refractivity contribution in [3.8, 4) is 0 Å². The minimum absolute atomic E-state index is 0.0450. The Morgan fingerprint density at radius 3 is 2.84 bits per heavy atom. The summed E-state index contributed by atoms with van der Waals surface area (Å²) in [6.45, 7) is 1.82. The summed E-state index contributed by atoms with van der Waals surface area (Å²) in [5.41, 5.74) is 0.273. The van der Waals surface area contributed by atoms with Crippen LogP contribution in [0.25, 0.3) is 0 Å². The molecule has 1 unspecified atom stereocenters. The van der Waals surface area contributed by atoms with Gasteiger partial charge in [0, 0.05) is 18.2 Å². The normalized spacial score (nSPS) is 19.8. The van der Waals surface area contributed by atoms with Gasteiger partial charge in [-0.25, -0.2) is 17.5 Å². The first-order valence-electron chi connectivity index (χ1n) is 5.94. The van der Waals surface area contributed by atoms with Crippen LogP contribution < -0.4 is 4.72 Å². The van der Waals surface area contributed by atoms with Gasteiger partial charge < -0.3 is 9.84 Å². The molecule has 0 aromatic heterocycles. The van der Waals surface area contributed by atoms with Crippen molar-refractivity contribution < 1.29 is 22.7 Å². The van der Waals surface area contributed by atoms with E-state index >= 15 is 0 Å². The molecule has 1 atom stereocenters. The summed E-state index contributed by atoms with van der Waals surface area (Å²) in [4.78, 5) is -0.136. The van der Waals surface area contributed by atoms with Crippen LogP contribution >= 0.6 is 0 Å². The standard InChI is InChI=1S/C12H16FNO4S/c1-8-11(13)4-9(6-15)5-12(8)19(16,17)14-10-2-3-18-7-10/h4-5,10,14-15H,2-3,6-7H2,1H3. The smallest absolute Gasteiger partial charge is 0.241 e. The molecule has 0 saturated carbocycles. The van der Waals surface area contributed by atoms with Crippen molar-refractivity contribution >= 4 is 10.0 Å².